The van der Waals surface area contributed by atoms with Gasteiger partial charge in [0.25, 0.3) is 5.69 Å². The van der Waals surface area contributed by atoms with Gasteiger partial charge in [0, 0.05) is 22.6 Å². The van der Waals surface area contributed by atoms with Gasteiger partial charge in [-0.3, -0.25) is 19.7 Å². The van der Waals surface area contributed by atoms with Crippen LogP contribution in [0.3, 0.4) is 0 Å². The zero-order valence-electron chi connectivity index (χ0n) is 14.2. The molecular weight excluding hydrogens is 378 g/mol. The van der Waals surface area contributed by atoms with Crippen molar-refractivity contribution < 1.29 is 29.5 Å². The maximum atomic E-state index is 11.6. The van der Waals surface area contributed by atoms with Crippen molar-refractivity contribution in [3.8, 4) is 5.75 Å². The summed E-state index contributed by atoms with van der Waals surface area (Å²) in [5.74, 6) is -5.41. The quantitative estimate of drug-likeness (QED) is 0.399. The summed E-state index contributed by atoms with van der Waals surface area (Å²) in [5.41, 5.74) is 0.299. The van der Waals surface area contributed by atoms with E-state index in [9.17, 15) is 29.9 Å². The van der Waals surface area contributed by atoms with E-state index in [0.717, 1.165) is 0 Å². The molecule has 8 nitrogen and oxygen atoms in total. The lowest BCUT2D eigenvalue weighted by Crippen LogP contribution is -2.31. The van der Waals surface area contributed by atoms with Crippen LogP contribution in [-0.2, 0) is 16.0 Å². The van der Waals surface area contributed by atoms with Gasteiger partial charge in [0.15, 0.2) is 5.92 Å². The lowest BCUT2D eigenvalue weighted by Gasteiger charge is -2.22. The third kappa shape index (κ3) is 4.73. The summed E-state index contributed by atoms with van der Waals surface area (Å²) in [5, 5.41) is 30.4. The van der Waals surface area contributed by atoms with Gasteiger partial charge in [-0.1, -0.05) is 23.7 Å². The molecule has 1 unspecified atom stereocenters. The number of hydrogen-bond acceptors (Lipinski definition) is 5. The molecule has 0 saturated carbocycles. The summed E-state index contributed by atoms with van der Waals surface area (Å²) < 4.78 is 5.05. The van der Waals surface area contributed by atoms with Crippen LogP contribution >= 0.6 is 11.6 Å². The van der Waals surface area contributed by atoms with E-state index in [0.29, 0.717) is 11.3 Å². The molecule has 142 valence electrons. The molecular formula is C18H16ClNO7. The van der Waals surface area contributed by atoms with Gasteiger partial charge in [0.2, 0.25) is 0 Å². The molecule has 27 heavy (non-hydrogen) atoms. The fraction of sp³-hybridized carbons (Fsp3) is 0.222. The fourth-order valence-corrected chi connectivity index (χ4v) is 3.06. The number of rotatable bonds is 8. The smallest absolute Gasteiger partial charge is 0.318 e. The van der Waals surface area contributed by atoms with E-state index in [2.05, 4.69) is 0 Å². The van der Waals surface area contributed by atoms with Crippen molar-refractivity contribution in [2.24, 2.45) is 5.92 Å². The number of hydrogen-bond donors (Lipinski definition) is 2. The minimum atomic E-state index is -1.79. The normalized spacial score (nSPS) is 11.8. The molecule has 0 bridgehead atoms. The van der Waals surface area contributed by atoms with E-state index >= 15 is 0 Å². The molecule has 0 spiro atoms. The topological polar surface area (TPSA) is 127 Å². The number of nitro groups is 1. The van der Waals surface area contributed by atoms with Gasteiger partial charge in [0.05, 0.1) is 12.0 Å². The Balaban J connectivity index is 2.56. The van der Waals surface area contributed by atoms with E-state index in [-0.39, 0.29) is 22.7 Å². The van der Waals surface area contributed by atoms with E-state index in [4.69, 9.17) is 16.3 Å². The number of carboxylic acids is 2. The third-order valence-electron chi connectivity index (χ3n) is 4.16. The van der Waals surface area contributed by atoms with Gasteiger partial charge >= 0.3 is 11.9 Å². The first kappa shape index (κ1) is 20.2. The summed E-state index contributed by atoms with van der Waals surface area (Å²) in [6, 6.07) is 10.1. The summed E-state index contributed by atoms with van der Waals surface area (Å²) in [6.45, 7) is 0. The predicted octanol–water partition coefficient (Wildman–Crippen LogP) is 3.37. The van der Waals surface area contributed by atoms with Crippen LogP contribution in [0.5, 0.6) is 5.75 Å². The molecule has 0 heterocycles. The number of nitro benzene ring substituents is 1. The molecule has 2 rings (SSSR count). The standard InChI is InChI=1S/C18H16ClNO7/c1-27-13-5-2-10(3-6-13)14(16(17(21)22)18(23)24)9-11-8-12(19)4-7-15(11)20(25)26/h2-8,14,16H,9H2,1H3,(H,21,22)(H,23,24). The molecule has 2 aromatic carbocycles. The number of aliphatic carboxylic acids is 2. The highest BCUT2D eigenvalue weighted by atomic mass is 35.5. The highest BCUT2D eigenvalue weighted by molar-refractivity contribution is 6.30. The van der Waals surface area contributed by atoms with Gasteiger partial charge in [-0.2, -0.15) is 0 Å². The Labute approximate surface area is 159 Å². The minimum Gasteiger partial charge on any atom is -0.497 e. The molecule has 9 heteroatoms. The van der Waals surface area contributed by atoms with Crippen molar-refractivity contribution in [3.05, 3.63) is 68.7 Å². The van der Waals surface area contributed by atoms with Crippen LogP contribution in [0.2, 0.25) is 5.02 Å². The molecule has 0 saturated heterocycles. The lowest BCUT2D eigenvalue weighted by atomic mass is 9.81. The van der Waals surface area contributed by atoms with Crippen molar-refractivity contribution in [2.45, 2.75) is 12.3 Å². The number of ether oxygens (including phenoxy) is 1. The Morgan fingerprint density at radius 1 is 1.15 bits per heavy atom. The Kier molecular flexibility index (Phi) is 6.36. The summed E-state index contributed by atoms with van der Waals surface area (Å²) in [6.07, 6.45) is -0.188. The molecule has 0 radical (unpaired) electrons. The van der Waals surface area contributed by atoms with Crippen LogP contribution < -0.4 is 4.74 Å². The highest BCUT2D eigenvalue weighted by Crippen LogP contribution is 2.34. The SMILES string of the molecule is COc1ccc(C(Cc2cc(Cl)ccc2[N+](=O)[O-])C(C(=O)O)C(=O)O)cc1. The molecule has 0 aliphatic rings. The second kappa shape index (κ2) is 8.50. The average Bonchev–Trinajstić information content (AvgIpc) is 2.60. The number of carboxylic acid groups (broad SMARTS) is 2. The van der Waals surface area contributed by atoms with Gasteiger partial charge in [0.1, 0.15) is 5.75 Å². The van der Waals surface area contributed by atoms with Crippen molar-refractivity contribution in [3.63, 3.8) is 0 Å². The minimum absolute atomic E-state index is 0.154. The van der Waals surface area contributed by atoms with Crippen LogP contribution in [-0.4, -0.2) is 34.2 Å². The first-order valence-corrected chi connectivity index (χ1v) is 8.14. The molecule has 0 amide bonds. The number of halogens is 1. The van der Waals surface area contributed by atoms with Crippen molar-refractivity contribution >= 4 is 29.2 Å². The van der Waals surface area contributed by atoms with Gasteiger partial charge < -0.3 is 14.9 Å². The zero-order chi connectivity index (χ0) is 20.1. The van der Waals surface area contributed by atoms with Crippen molar-refractivity contribution in [2.75, 3.05) is 7.11 Å². The maximum absolute atomic E-state index is 11.6. The number of benzene rings is 2. The summed E-state index contributed by atoms with van der Waals surface area (Å²) >= 11 is 5.92. The van der Waals surface area contributed by atoms with E-state index in [1.165, 1.54) is 25.3 Å². The monoisotopic (exact) mass is 393 g/mol. The van der Waals surface area contributed by atoms with Crippen LogP contribution in [0, 0.1) is 16.0 Å². The van der Waals surface area contributed by atoms with Gasteiger partial charge in [-0.25, -0.2) is 0 Å². The first-order valence-electron chi connectivity index (χ1n) is 7.77. The Morgan fingerprint density at radius 2 is 1.74 bits per heavy atom. The molecule has 2 aromatic rings. The van der Waals surface area contributed by atoms with E-state index in [1.54, 1.807) is 24.3 Å². The second-order valence-electron chi connectivity index (χ2n) is 5.77. The fourth-order valence-electron chi connectivity index (χ4n) is 2.86. The van der Waals surface area contributed by atoms with Crippen LogP contribution in [0.4, 0.5) is 5.69 Å². The van der Waals surface area contributed by atoms with Crippen molar-refractivity contribution in [1.82, 2.24) is 0 Å². The average molecular weight is 394 g/mol. The Hall–Kier alpha value is -3.13. The Morgan fingerprint density at radius 3 is 2.22 bits per heavy atom. The zero-order valence-corrected chi connectivity index (χ0v) is 14.9. The predicted molar refractivity (Wildman–Crippen MR) is 96.3 cm³/mol. The van der Waals surface area contributed by atoms with E-state index < -0.39 is 28.7 Å². The molecule has 0 aliphatic heterocycles. The number of carbonyl (C=O) groups is 2. The largest absolute Gasteiger partial charge is 0.497 e. The summed E-state index contributed by atoms with van der Waals surface area (Å²) in [7, 11) is 1.46. The van der Waals surface area contributed by atoms with E-state index in [1.807, 2.05) is 0 Å². The molecule has 2 N–H and O–H groups in total. The molecule has 0 aromatic heterocycles. The summed E-state index contributed by atoms with van der Waals surface area (Å²) in [4.78, 5) is 33.8. The van der Waals surface area contributed by atoms with Gasteiger partial charge in [-0.05, 0) is 36.2 Å². The van der Waals surface area contributed by atoms with Gasteiger partial charge in [-0.15, -0.1) is 0 Å². The van der Waals surface area contributed by atoms with Crippen LogP contribution in [0.1, 0.15) is 17.0 Å². The maximum Gasteiger partial charge on any atom is 0.318 e. The van der Waals surface area contributed by atoms with Crippen molar-refractivity contribution in [1.29, 1.82) is 0 Å². The Bertz CT molecular complexity index is 853. The second-order valence-corrected chi connectivity index (χ2v) is 6.20. The molecule has 1 atom stereocenters. The molecule has 0 aliphatic carbocycles. The lowest BCUT2D eigenvalue weighted by molar-refractivity contribution is -0.385. The van der Waals surface area contributed by atoms with Crippen LogP contribution in [0.25, 0.3) is 0 Å². The first-order chi connectivity index (χ1) is 12.7. The number of nitrogens with zero attached hydrogens (tertiary/aromatic N) is 1. The highest BCUT2D eigenvalue weighted by Gasteiger charge is 2.37. The third-order valence-corrected chi connectivity index (χ3v) is 4.39. The van der Waals surface area contributed by atoms with Crippen LogP contribution in [0.15, 0.2) is 42.5 Å². The number of methoxy groups -OCH3 is 1. The molecule has 0 fully saturated rings.